The summed E-state index contributed by atoms with van der Waals surface area (Å²) < 4.78 is 15.5. The monoisotopic (exact) mass is 392 g/mol. The van der Waals surface area contributed by atoms with E-state index in [1.54, 1.807) is 24.0 Å². The average molecular weight is 393 g/mol. The van der Waals surface area contributed by atoms with Crippen molar-refractivity contribution in [2.24, 2.45) is 0 Å². The summed E-state index contributed by atoms with van der Waals surface area (Å²) in [6.45, 7) is 3.13. The zero-order valence-electron chi connectivity index (χ0n) is 15.3. The number of hydrogen-bond donors (Lipinski definition) is 0. The van der Waals surface area contributed by atoms with Crippen molar-refractivity contribution in [2.45, 2.75) is 19.8 Å². The normalized spacial score (nSPS) is 13.9. The van der Waals surface area contributed by atoms with Crippen LogP contribution in [0.15, 0.2) is 17.7 Å². The van der Waals surface area contributed by atoms with Crippen LogP contribution < -0.4 is 9.47 Å². The minimum absolute atomic E-state index is 0.0265. The molecule has 1 aromatic rings. The van der Waals surface area contributed by atoms with E-state index < -0.39 is 5.97 Å². The van der Waals surface area contributed by atoms with Crippen LogP contribution in [0.5, 0.6) is 11.5 Å². The van der Waals surface area contributed by atoms with Crippen molar-refractivity contribution in [3.8, 4) is 17.6 Å². The van der Waals surface area contributed by atoms with Gasteiger partial charge in [0.15, 0.2) is 18.1 Å². The molecule has 0 aliphatic carbocycles. The van der Waals surface area contributed by atoms with Gasteiger partial charge in [0.2, 0.25) is 0 Å². The standard InChI is InChI=1S/C19H21ClN2O5/c1-3-26-16-10-13(9-15(20)18(16)27-12-17(23)25-2)8-14(11-21)19(24)22-6-4-5-7-22/h8-10H,3-7,12H2,1-2H3/b14-8+. The van der Waals surface area contributed by atoms with E-state index in [9.17, 15) is 14.9 Å². The molecule has 1 aromatic carbocycles. The molecule has 7 nitrogen and oxygen atoms in total. The molecule has 0 aromatic heterocycles. The molecule has 2 rings (SSSR count). The first kappa shape index (κ1) is 20.6. The molecule has 0 unspecified atom stereocenters. The lowest BCUT2D eigenvalue weighted by Gasteiger charge is -2.15. The fourth-order valence-electron chi connectivity index (χ4n) is 2.66. The van der Waals surface area contributed by atoms with Crippen LogP contribution in [0.2, 0.25) is 5.02 Å². The van der Waals surface area contributed by atoms with Gasteiger partial charge in [0.1, 0.15) is 11.6 Å². The Labute approximate surface area is 163 Å². The van der Waals surface area contributed by atoms with Gasteiger partial charge in [0.25, 0.3) is 5.91 Å². The number of amides is 1. The third-order valence-electron chi connectivity index (χ3n) is 3.95. The number of carbonyl (C=O) groups excluding carboxylic acids is 2. The Morgan fingerprint density at radius 2 is 2.00 bits per heavy atom. The molecule has 1 fully saturated rings. The fourth-order valence-corrected chi connectivity index (χ4v) is 2.94. The highest BCUT2D eigenvalue weighted by atomic mass is 35.5. The Hall–Kier alpha value is -2.72. The maximum atomic E-state index is 12.4. The molecular weight excluding hydrogens is 372 g/mol. The van der Waals surface area contributed by atoms with Gasteiger partial charge in [-0.15, -0.1) is 0 Å². The number of benzene rings is 1. The van der Waals surface area contributed by atoms with Gasteiger partial charge in [-0.25, -0.2) is 4.79 Å². The topological polar surface area (TPSA) is 88.9 Å². The first-order valence-corrected chi connectivity index (χ1v) is 8.95. The second-order valence-electron chi connectivity index (χ2n) is 5.80. The van der Waals surface area contributed by atoms with Gasteiger partial charge in [-0.05, 0) is 43.5 Å². The molecule has 1 heterocycles. The van der Waals surface area contributed by atoms with Crippen molar-refractivity contribution in [1.82, 2.24) is 4.90 Å². The molecular formula is C19H21ClN2O5. The van der Waals surface area contributed by atoms with Crippen molar-refractivity contribution >= 4 is 29.6 Å². The van der Waals surface area contributed by atoms with Crippen LogP contribution in [0.4, 0.5) is 0 Å². The number of methoxy groups -OCH3 is 1. The van der Waals surface area contributed by atoms with E-state index in [0.717, 1.165) is 12.8 Å². The number of nitriles is 1. The van der Waals surface area contributed by atoms with E-state index in [-0.39, 0.29) is 28.9 Å². The van der Waals surface area contributed by atoms with Gasteiger partial charge < -0.3 is 19.1 Å². The number of hydrogen-bond acceptors (Lipinski definition) is 6. The number of likely N-dealkylation sites (tertiary alicyclic amines) is 1. The minimum Gasteiger partial charge on any atom is -0.490 e. The molecule has 0 spiro atoms. The number of rotatable bonds is 7. The van der Waals surface area contributed by atoms with E-state index in [1.165, 1.54) is 13.2 Å². The largest absolute Gasteiger partial charge is 0.490 e. The zero-order valence-corrected chi connectivity index (χ0v) is 16.0. The van der Waals surface area contributed by atoms with Crippen LogP contribution in [0.1, 0.15) is 25.3 Å². The van der Waals surface area contributed by atoms with Crippen LogP contribution >= 0.6 is 11.6 Å². The van der Waals surface area contributed by atoms with Gasteiger partial charge in [-0.1, -0.05) is 11.6 Å². The van der Waals surface area contributed by atoms with Crippen LogP contribution in [0.25, 0.3) is 6.08 Å². The second-order valence-corrected chi connectivity index (χ2v) is 6.20. The van der Waals surface area contributed by atoms with Crippen LogP contribution in [0.3, 0.4) is 0 Å². The van der Waals surface area contributed by atoms with Crippen molar-refractivity contribution < 1.29 is 23.8 Å². The second kappa shape index (κ2) is 9.83. The third-order valence-corrected chi connectivity index (χ3v) is 4.23. The molecule has 1 amide bonds. The Kier molecular flexibility index (Phi) is 7.50. The van der Waals surface area contributed by atoms with Crippen molar-refractivity contribution in [3.05, 3.63) is 28.3 Å². The maximum Gasteiger partial charge on any atom is 0.343 e. The Morgan fingerprint density at radius 1 is 1.30 bits per heavy atom. The highest BCUT2D eigenvalue weighted by Gasteiger charge is 2.22. The molecule has 1 saturated heterocycles. The molecule has 0 atom stereocenters. The summed E-state index contributed by atoms with van der Waals surface area (Å²) in [6, 6.07) is 5.11. The highest BCUT2D eigenvalue weighted by Crippen LogP contribution is 2.37. The summed E-state index contributed by atoms with van der Waals surface area (Å²) >= 11 is 6.27. The first-order chi connectivity index (χ1) is 13.0. The predicted molar refractivity (Wildman–Crippen MR) is 99.5 cm³/mol. The van der Waals surface area contributed by atoms with Gasteiger partial charge in [0.05, 0.1) is 18.7 Å². The Bertz CT molecular complexity index is 779. The van der Waals surface area contributed by atoms with E-state index in [2.05, 4.69) is 4.74 Å². The zero-order chi connectivity index (χ0) is 19.8. The SMILES string of the molecule is CCOc1cc(/C=C(\C#N)C(=O)N2CCCC2)cc(Cl)c1OCC(=O)OC. The number of carbonyl (C=O) groups is 2. The highest BCUT2D eigenvalue weighted by molar-refractivity contribution is 6.32. The molecule has 0 bridgehead atoms. The molecule has 1 aliphatic rings. The quantitative estimate of drug-likeness (QED) is 0.402. The van der Waals surface area contributed by atoms with Crippen LogP contribution in [-0.2, 0) is 14.3 Å². The number of nitrogens with zero attached hydrogens (tertiary/aromatic N) is 2. The average Bonchev–Trinajstić information content (AvgIpc) is 3.19. The van der Waals surface area contributed by atoms with Gasteiger partial charge >= 0.3 is 5.97 Å². The molecule has 1 aliphatic heterocycles. The van der Waals surface area contributed by atoms with Crippen LogP contribution in [0, 0.1) is 11.3 Å². The minimum atomic E-state index is -0.555. The molecule has 8 heteroatoms. The summed E-state index contributed by atoms with van der Waals surface area (Å²) in [4.78, 5) is 25.4. The fraction of sp³-hybridized carbons (Fsp3) is 0.421. The van der Waals surface area contributed by atoms with E-state index in [1.807, 2.05) is 6.07 Å². The third kappa shape index (κ3) is 5.38. The summed E-state index contributed by atoms with van der Waals surface area (Å²) in [5.41, 5.74) is 0.552. The maximum absolute atomic E-state index is 12.4. The number of halogens is 1. The number of ether oxygens (including phenoxy) is 3. The van der Waals surface area contributed by atoms with E-state index in [0.29, 0.717) is 31.0 Å². The van der Waals surface area contributed by atoms with Crippen molar-refractivity contribution in [2.75, 3.05) is 33.4 Å². The number of esters is 1. The summed E-state index contributed by atoms with van der Waals surface area (Å²) in [6.07, 6.45) is 3.35. The summed E-state index contributed by atoms with van der Waals surface area (Å²) in [5.74, 6) is -0.341. The Morgan fingerprint density at radius 3 is 2.59 bits per heavy atom. The molecule has 27 heavy (non-hydrogen) atoms. The summed E-state index contributed by atoms with van der Waals surface area (Å²) in [5, 5.41) is 9.58. The van der Waals surface area contributed by atoms with Gasteiger partial charge in [-0.2, -0.15) is 5.26 Å². The molecule has 144 valence electrons. The lowest BCUT2D eigenvalue weighted by Crippen LogP contribution is -2.28. The van der Waals surface area contributed by atoms with E-state index >= 15 is 0 Å². The molecule has 0 saturated carbocycles. The molecule has 0 radical (unpaired) electrons. The van der Waals surface area contributed by atoms with Gasteiger partial charge in [-0.3, -0.25) is 4.79 Å². The van der Waals surface area contributed by atoms with E-state index in [4.69, 9.17) is 21.1 Å². The van der Waals surface area contributed by atoms with Crippen molar-refractivity contribution in [3.63, 3.8) is 0 Å². The lowest BCUT2D eigenvalue weighted by molar-refractivity contribution is -0.142. The first-order valence-electron chi connectivity index (χ1n) is 8.57. The van der Waals surface area contributed by atoms with Crippen molar-refractivity contribution in [1.29, 1.82) is 5.26 Å². The van der Waals surface area contributed by atoms with Crippen LogP contribution in [-0.4, -0.2) is 50.2 Å². The van der Waals surface area contributed by atoms with Gasteiger partial charge in [0, 0.05) is 13.1 Å². The Balaban J connectivity index is 2.31. The summed E-state index contributed by atoms with van der Waals surface area (Å²) in [7, 11) is 1.26. The lowest BCUT2D eigenvalue weighted by atomic mass is 10.1. The molecule has 0 N–H and O–H groups in total. The predicted octanol–water partition coefficient (Wildman–Crippen LogP) is 2.82. The smallest absolute Gasteiger partial charge is 0.343 e.